The molecular formula is C5H5ClN4O. The first-order chi connectivity index (χ1) is 5.25. The lowest BCUT2D eigenvalue weighted by atomic mass is 10.4. The predicted molar refractivity (Wildman–Crippen MR) is 38.7 cm³/mol. The Morgan fingerprint density at radius 2 is 2.45 bits per heavy atom. The highest BCUT2D eigenvalue weighted by molar-refractivity contribution is 6.33. The van der Waals surface area contributed by atoms with Crippen LogP contribution >= 0.6 is 11.6 Å². The lowest BCUT2D eigenvalue weighted by molar-refractivity contribution is 0.0948. The number of nitrogens with one attached hydrogen (secondary N) is 1. The number of hydrogen-bond donors (Lipinski definition) is 2. The first kappa shape index (κ1) is 7.90. The third kappa shape index (κ3) is 1.63. The van der Waals surface area contributed by atoms with E-state index in [-0.39, 0.29) is 10.7 Å². The fourth-order valence-corrected chi connectivity index (χ4v) is 0.739. The molecule has 5 nitrogen and oxygen atoms in total. The molecule has 0 aliphatic rings. The van der Waals surface area contributed by atoms with Crippen LogP contribution in [0, 0.1) is 0 Å². The summed E-state index contributed by atoms with van der Waals surface area (Å²) in [6.07, 6.45) is 2.54. The number of aromatic nitrogens is 2. The molecule has 6 heteroatoms. The van der Waals surface area contributed by atoms with Gasteiger partial charge < -0.3 is 0 Å². The number of halogens is 1. The van der Waals surface area contributed by atoms with Crippen molar-refractivity contribution in [3.63, 3.8) is 0 Å². The number of nitrogen functional groups attached to an aromatic ring is 1. The molecule has 1 rings (SSSR count). The van der Waals surface area contributed by atoms with Crippen LogP contribution in [0.5, 0.6) is 0 Å². The maximum Gasteiger partial charge on any atom is 0.285 e. The molecule has 0 saturated carbocycles. The number of carbonyl (C=O) groups excluding carboxylic acids is 1. The molecule has 58 valence electrons. The molecule has 1 amide bonds. The molecule has 0 aromatic carbocycles. The molecule has 0 bridgehead atoms. The maximum absolute atomic E-state index is 10.8. The second-order valence-electron chi connectivity index (χ2n) is 1.69. The Hall–Kier alpha value is -1.20. The monoisotopic (exact) mass is 172 g/mol. The third-order valence-corrected chi connectivity index (χ3v) is 1.29. The molecule has 0 saturated heterocycles. The maximum atomic E-state index is 10.8. The Balaban J connectivity index is 3.03. The fraction of sp³-hybridized carbons (Fsp3) is 0. The number of rotatable bonds is 1. The van der Waals surface area contributed by atoms with Gasteiger partial charge in [-0.1, -0.05) is 11.6 Å². The van der Waals surface area contributed by atoms with Gasteiger partial charge in [-0.2, -0.15) is 0 Å². The average molecular weight is 173 g/mol. The number of hydrazine groups is 1. The van der Waals surface area contributed by atoms with Gasteiger partial charge in [-0.05, 0) is 0 Å². The first-order valence-electron chi connectivity index (χ1n) is 2.72. The third-order valence-electron chi connectivity index (χ3n) is 1.01. The molecule has 0 fully saturated rings. The van der Waals surface area contributed by atoms with Gasteiger partial charge in [0.2, 0.25) is 0 Å². The molecule has 0 radical (unpaired) electrons. The van der Waals surface area contributed by atoms with Crippen LogP contribution in [0.1, 0.15) is 10.5 Å². The predicted octanol–water partition coefficient (Wildman–Crippen LogP) is -0.266. The van der Waals surface area contributed by atoms with Gasteiger partial charge in [-0.3, -0.25) is 10.2 Å². The van der Waals surface area contributed by atoms with Crippen LogP contribution in [0.4, 0.5) is 0 Å². The highest BCUT2D eigenvalue weighted by Gasteiger charge is 2.08. The van der Waals surface area contributed by atoms with Crippen molar-refractivity contribution in [1.82, 2.24) is 15.4 Å². The fourth-order valence-electron chi connectivity index (χ4n) is 0.548. The Morgan fingerprint density at radius 1 is 1.73 bits per heavy atom. The van der Waals surface area contributed by atoms with Gasteiger partial charge in [-0.25, -0.2) is 15.8 Å². The van der Waals surface area contributed by atoms with Crippen LogP contribution < -0.4 is 11.3 Å². The largest absolute Gasteiger partial charge is 0.289 e. The van der Waals surface area contributed by atoms with Crippen molar-refractivity contribution in [3.8, 4) is 0 Å². The van der Waals surface area contributed by atoms with E-state index >= 15 is 0 Å². The summed E-state index contributed by atoms with van der Waals surface area (Å²) in [5.74, 6) is 4.32. The molecule has 0 spiro atoms. The van der Waals surface area contributed by atoms with E-state index in [9.17, 15) is 4.79 Å². The molecule has 0 unspecified atom stereocenters. The topological polar surface area (TPSA) is 80.9 Å². The van der Waals surface area contributed by atoms with Crippen LogP contribution in [0.3, 0.4) is 0 Å². The number of amides is 1. The van der Waals surface area contributed by atoms with E-state index in [1.807, 2.05) is 5.43 Å². The summed E-state index contributed by atoms with van der Waals surface area (Å²) in [5, 5.41) is 0.176. The molecule has 0 aliphatic heterocycles. The zero-order valence-electron chi connectivity index (χ0n) is 5.41. The standard InChI is InChI=1S/C5H5ClN4O/c6-3-1-8-2-9-4(3)5(11)10-7/h1-2H,7H2,(H,10,11). The molecule has 0 atom stereocenters. The zero-order valence-corrected chi connectivity index (χ0v) is 6.17. The molecule has 1 heterocycles. The smallest absolute Gasteiger partial charge is 0.285 e. The Kier molecular flexibility index (Phi) is 2.35. The Morgan fingerprint density at radius 3 is 3.00 bits per heavy atom. The molecule has 1 aromatic heterocycles. The highest BCUT2D eigenvalue weighted by atomic mass is 35.5. The molecular weight excluding hydrogens is 168 g/mol. The van der Waals surface area contributed by atoms with Crippen LogP contribution in [0.25, 0.3) is 0 Å². The summed E-state index contributed by atoms with van der Waals surface area (Å²) in [6, 6.07) is 0. The van der Waals surface area contributed by atoms with Gasteiger partial charge in [0.05, 0.1) is 5.02 Å². The second-order valence-corrected chi connectivity index (χ2v) is 2.10. The van der Waals surface area contributed by atoms with Crippen molar-refractivity contribution in [3.05, 3.63) is 23.2 Å². The second kappa shape index (κ2) is 3.27. The Labute approximate surface area is 67.6 Å². The van der Waals surface area contributed by atoms with Gasteiger partial charge in [0, 0.05) is 6.20 Å². The minimum absolute atomic E-state index is 0.0733. The number of nitrogens with zero attached hydrogens (tertiary/aromatic N) is 2. The van der Waals surface area contributed by atoms with Gasteiger partial charge >= 0.3 is 0 Å². The molecule has 0 aliphatic carbocycles. The lowest BCUT2D eigenvalue weighted by Crippen LogP contribution is -2.30. The average Bonchev–Trinajstić information content (AvgIpc) is 2.04. The zero-order chi connectivity index (χ0) is 8.27. The lowest BCUT2D eigenvalue weighted by Gasteiger charge is -1.98. The number of hydrogen-bond acceptors (Lipinski definition) is 4. The van der Waals surface area contributed by atoms with E-state index in [1.165, 1.54) is 12.5 Å². The summed E-state index contributed by atoms with van der Waals surface area (Å²) in [5.41, 5.74) is 1.98. The Bertz CT molecular complexity index is 277. The van der Waals surface area contributed by atoms with Crippen molar-refractivity contribution in [2.75, 3.05) is 0 Å². The molecule has 3 N–H and O–H groups in total. The van der Waals surface area contributed by atoms with E-state index in [4.69, 9.17) is 17.4 Å². The van der Waals surface area contributed by atoms with Crippen molar-refractivity contribution < 1.29 is 4.79 Å². The highest BCUT2D eigenvalue weighted by Crippen LogP contribution is 2.09. The van der Waals surface area contributed by atoms with Crippen molar-refractivity contribution >= 4 is 17.5 Å². The van der Waals surface area contributed by atoms with Crippen LogP contribution in [0.2, 0.25) is 5.02 Å². The van der Waals surface area contributed by atoms with E-state index < -0.39 is 5.91 Å². The minimum Gasteiger partial charge on any atom is -0.289 e. The summed E-state index contributed by atoms with van der Waals surface area (Å²) in [7, 11) is 0. The van der Waals surface area contributed by atoms with Crippen LogP contribution in [-0.4, -0.2) is 15.9 Å². The van der Waals surface area contributed by atoms with Crippen LogP contribution in [-0.2, 0) is 0 Å². The van der Waals surface area contributed by atoms with E-state index in [1.54, 1.807) is 0 Å². The first-order valence-corrected chi connectivity index (χ1v) is 3.10. The van der Waals surface area contributed by atoms with Crippen molar-refractivity contribution in [2.45, 2.75) is 0 Å². The van der Waals surface area contributed by atoms with Gasteiger partial charge in [0.15, 0.2) is 5.69 Å². The summed E-state index contributed by atoms with van der Waals surface area (Å²) < 4.78 is 0. The van der Waals surface area contributed by atoms with Crippen LogP contribution in [0.15, 0.2) is 12.5 Å². The van der Waals surface area contributed by atoms with Gasteiger partial charge in [0.1, 0.15) is 6.33 Å². The normalized spacial score (nSPS) is 9.27. The van der Waals surface area contributed by atoms with Gasteiger partial charge in [-0.15, -0.1) is 0 Å². The molecule has 1 aromatic rings. The SMILES string of the molecule is NNC(=O)c1ncncc1Cl. The van der Waals surface area contributed by atoms with E-state index in [2.05, 4.69) is 9.97 Å². The van der Waals surface area contributed by atoms with Crippen molar-refractivity contribution in [1.29, 1.82) is 0 Å². The number of nitrogens with two attached hydrogens (primary N) is 1. The summed E-state index contributed by atoms with van der Waals surface area (Å²) in [4.78, 5) is 18.0. The van der Waals surface area contributed by atoms with E-state index in [0.717, 1.165) is 0 Å². The van der Waals surface area contributed by atoms with E-state index in [0.29, 0.717) is 0 Å². The van der Waals surface area contributed by atoms with Crippen molar-refractivity contribution in [2.24, 2.45) is 5.84 Å². The number of carbonyl (C=O) groups is 1. The summed E-state index contributed by atoms with van der Waals surface area (Å²) >= 11 is 5.56. The quantitative estimate of drug-likeness (QED) is 0.347. The summed E-state index contributed by atoms with van der Waals surface area (Å²) in [6.45, 7) is 0. The van der Waals surface area contributed by atoms with Gasteiger partial charge in [0.25, 0.3) is 5.91 Å². The molecule has 11 heavy (non-hydrogen) atoms. The minimum atomic E-state index is -0.530.